The van der Waals surface area contributed by atoms with Crippen molar-refractivity contribution < 1.29 is 29.0 Å². The highest BCUT2D eigenvalue weighted by molar-refractivity contribution is 6.30. The van der Waals surface area contributed by atoms with Crippen molar-refractivity contribution in [2.75, 3.05) is 0 Å². The average molecular weight is 471 g/mol. The van der Waals surface area contributed by atoms with E-state index in [1.165, 1.54) is 0 Å². The van der Waals surface area contributed by atoms with Crippen LogP contribution in [0.4, 0.5) is 0 Å². The number of benzene rings is 2. The van der Waals surface area contributed by atoms with Crippen molar-refractivity contribution in [3.63, 3.8) is 0 Å². The van der Waals surface area contributed by atoms with Crippen LogP contribution in [-0.2, 0) is 32.0 Å². The minimum Gasteiger partial charge on any atom is -0.482 e. The first-order valence-electron chi connectivity index (χ1n) is 10.6. The van der Waals surface area contributed by atoms with Gasteiger partial charge in [-0.1, -0.05) is 60.1 Å². The molecule has 9 heteroatoms. The second-order valence-electron chi connectivity index (χ2n) is 8.12. The molecular formula is C24H23ClN2O6. The van der Waals surface area contributed by atoms with Gasteiger partial charge in [-0.05, 0) is 23.6 Å². The molecule has 2 aromatic carbocycles. The quantitative estimate of drug-likeness (QED) is 0.329. The topological polar surface area (TPSA) is 113 Å². The summed E-state index contributed by atoms with van der Waals surface area (Å²) in [5.41, 5.74) is 0.157. The highest BCUT2D eigenvalue weighted by Crippen LogP contribution is 2.32. The standard InChI is InChI=1S/C24H23ClN2O6/c25-22(24(31)32)27-16(10-11-17(28)19-13-15-8-4-5-9-18(15)33-19)21(23(27)30)26-20(29)12-14-6-2-1-3-7-14/h1-9,16,19,21-22H,10-13H2,(H,26,29)(H,31,32)/t16-,19?,21+,22-/m1/s1. The van der Waals surface area contributed by atoms with E-state index >= 15 is 0 Å². The number of hydrogen-bond donors (Lipinski definition) is 2. The van der Waals surface area contributed by atoms with E-state index in [0.717, 1.165) is 16.0 Å². The Morgan fingerprint density at radius 3 is 2.52 bits per heavy atom. The zero-order valence-corrected chi connectivity index (χ0v) is 18.4. The molecule has 172 valence electrons. The molecule has 8 nitrogen and oxygen atoms in total. The van der Waals surface area contributed by atoms with Crippen molar-refractivity contribution in [2.45, 2.75) is 49.4 Å². The third-order valence-electron chi connectivity index (χ3n) is 5.93. The lowest BCUT2D eigenvalue weighted by Gasteiger charge is -2.48. The van der Waals surface area contributed by atoms with E-state index in [1.807, 2.05) is 36.4 Å². The number of aliphatic carboxylic acids is 1. The van der Waals surface area contributed by atoms with Gasteiger partial charge < -0.3 is 20.1 Å². The smallest absolute Gasteiger partial charge is 0.342 e. The van der Waals surface area contributed by atoms with Crippen LogP contribution in [0.2, 0.25) is 0 Å². The van der Waals surface area contributed by atoms with E-state index in [1.54, 1.807) is 18.2 Å². The Labute approximate surface area is 195 Å². The first kappa shape index (κ1) is 22.8. The van der Waals surface area contributed by atoms with Gasteiger partial charge in [0, 0.05) is 12.8 Å². The van der Waals surface area contributed by atoms with E-state index < -0.39 is 35.6 Å². The fourth-order valence-electron chi connectivity index (χ4n) is 4.25. The Balaban J connectivity index is 1.39. The molecule has 2 aliphatic heterocycles. The summed E-state index contributed by atoms with van der Waals surface area (Å²) in [6.07, 6.45) is 0.138. The van der Waals surface area contributed by atoms with Gasteiger partial charge in [0.05, 0.1) is 12.5 Å². The number of ether oxygens (including phenoxy) is 1. The average Bonchev–Trinajstić information content (AvgIpc) is 3.24. The Morgan fingerprint density at radius 1 is 1.12 bits per heavy atom. The van der Waals surface area contributed by atoms with Crippen LogP contribution in [0.25, 0.3) is 0 Å². The number of alkyl halides is 1. The molecule has 2 aromatic rings. The second kappa shape index (κ2) is 9.62. The summed E-state index contributed by atoms with van der Waals surface area (Å²) in [6, 6.07) is 14.8. The third kappa shape index (κ3) is 4.85. The molecule has 0 bridgehead atoms. The maximum atomic E-state index is 12.8. The van der Waals surface area contributed by atoms with Crippen molar-refractivity contribution in [2.24, 2.45) is 0 Å². The van der Waals surface area contributed by atoms with Crippen molar-refractivity contribution in [3.8, 4) is 5.75 Å². The maximum absolute atomic E-state index is 12.8. The lowest BCUT2D eigenvalue weighted by Crippen LogP contribution is -2.73. The molecule has 0 saturated carbocycles. The van der Waals surface area contributed by atoms with Crippen LogP contribution in [0, 0.1) is 0 Å². The van der Waals surface area contributed by atoms with Crippen molar-refractivity contribution in [3.05, 3.63) is 65.7 Å². The number of para-hydroxylation sites is 1. The van der Waals surface area contributed by atoms with Gasteiger partial charge in [0.2, 0.25) is 17.3 Å². The fraction of sp³-hybridized carbons (Fsp3) is 0.333. The number of halogens is 1. The number of ketones is 1. The van der Waals surface area contributed by atoms with Crippen molar-refractivity contribution in [1.82, 2.24) is 10.2 Å². The summed E-state index contributed by atoms with van der Waals surface area (Å²) >= 11 is 5.93. The van der Waals surface area contributed by atoms with Crippen LogP contribution in [0.1, 0.15) is 24.0 Å². The predicted octanol–water partition coefficient (Wildman–Crippen LogP) is 1.93. The Kier molecular flexibility index (Phi) is 6.65. The molecule has 0 aromatic heterocycles. The molecule has 2 heterocycles. The molecule has 4 atom stereocenters. The van der Waals surface area contributed by atoms with E-state index in [0.29, 0.717) is 12.2 Å². The lowest BCUT2D eigenvalue weighted by atomic mass is 9.88. The molecular weight excluding hydrogens is 448 g/mol. The summed E-state index contributed by atoms with van der Waals surface area (Å²) in [6.45, 7) is 0. The van der Waals surface area contributed by atoms with E-state index in [4.69, 9.17) is 16.3 Å². The Morgan fingerprint density at radius 2 is 1.82 bits per heavy atom. The van der Waals surface area contributed by atoms with Gasteiger partial charge in [0.1, 0.15) is 11.8 Å². The monoisotopic (exact) mass is 470 g/mol. The van der Waals surface area contributed by atoms with Gasteiger partial charge in [-0.15, -0.1) is 0 Å². The first-order chi connectivity index (χ1) is 15.8. The number of amides is 2. The molecule has 0 radical (unpaired) electrons. The number of Topliss-reactive ketones (excluding diaryl/α,β-unsaturated/α-hetero) is 1. The predicted molar refractivity (Wildman–Crippen MR) is 119 cm³/mol. The molecule has 2 amide bonds. The number of likely N-dealkylation sites (tertiary alicyclic amines) is 1. The SMILES string of the molecule is O=C(Cc1ccccc1)N[C@@H]1C(=O)N([C@@H](Cl)C(=O)O)[C@@H]1CCC(=O)C1Cc2ccccc2O1. The van der Waals surface area contributed by atoms with Gasteiger partial charge in [-0.3, -0.25) is 14.4 Å². The van der Waals surface area contributed by atoms with E-state index in [-0.39, 0.29) is 31.0 Å². The third-order valence-corrected chi connectivity index (χ3v) is 6.32. The van der Waals surface area contributed by atoms with Crippen molar-refractivity contribution >= 4 is 35.2 Å². The van der Waals surface area contributed by atoms with Crippen LogP contribution in [-0.4, -0.2) is 57.3 Å². The number of nitrogens with zero attached hydrogens (tertiary/aromatic N) is 1. The molecule has 33 heavy (non-hydrogen) atoms. The summed E-state index contributed by atoms with van der Waals surface area (Å²) in [5, 5.41) is 11.9. The summed E-state index contributed by atoms with van der Waals surface area (Å²) in [7, 11) is 0. The number of carboxylic acids is 1. The molecule has 0 aliphatic carbocycles. The summed E-state index contributed by atoms with van der Waals surface area (Å²) < 4.78 is 5.72. The Bertz CT molecular complexity index is 1050. The minimum absolute atomic E-state index is 0.0569. The van der Waals surface area contributed by atoms with Gasteiger partial charge in [0.25, 0.3) is 0 Å². The lowest BCUT2D eigenvalue weighted by molar-refractivity contribution is -0.163. The fourth-order valence-corrected chi connectivity index (χ4v) is 4.49. The number of carbonyl (C=O) groups is 4. The van der Waals surface area contributed by atoms with E-state index in [9.17, 15) is 24.3 Å². The maximum Gasteiger partial charge on any atom is 0.342 e. The number of carbonyl (C=O) groups excluding carboxylic acids is 3. The van der Waals surface area contributed by atoms with Crippen LogP contribution in [0.15, 0.2) is 54.6 Å². The number of hydrogen-bond acceptors (Lipinski definition) is 5. The van der Waals surface area contributed by atoms with Crippen LogP contribution in [0.3, 0.4) is 0 Å². The largest absolute Gasteiger partial charge is 0.482 e. The summed E-state index contributed by atoms with van der Waals surface area (Å²) in [5.74, 6) is -1.80. The number of nitrogens with one attached hydrogen (secondary N) is 1. The molecule has 1 saturated heterocycles. The van der Waals surface area contributed by atoms with Gasteiger partial charge >= 0.3 is 5.97 Å². The van der Waals surface area contributed by atoms with Gasteiger partial charge in [-0.25, -0.2) is 4.79 Å². The number of fused-ring (bicyclic) bond motifs is 1. The second-order valence-corrected chi connectivity index (χ2v) is 8.53. The molecule has 4 rings (SSSR count). The number of carboxylic acid groups (broad SMARTS) is 1. The number of β-lactam (4-membered cyclic amide) rings is 1. The molecule has 1 unspecified atom stereocenters. The van der Waals surface area contributed by atoms with Crippen LogP contribution < -0.4 is 10.1 Å². The molecule has 2 aliphatic rings. The molecule has 2 N–H and O–H groups in total. The molecule has 0 spiro atoms. The van der Waals surface area contributed by atoms with Gasteiger partial charge in [0.15, 0.2) is 11.9 Å². The van der Waals surface area contributed by atoms with E-state index in [2.05, 4.69) is 5.32 Å². The Hall–Kier alpha value is -3.39. The zero-order chi connectivity index (χ0) is 23.5. The van der Waals surface area contributed by atoms with Crippen molar-refractivity contribution in [1.29, 1.82) is 0 Å². The highest BCUT2D eigenvalue weighted by atomic mass is 35.5. The van der Waals surface area contributed by atoms with Gasteiger partial charge in [-0.2, -0.15) is 0 Å². The summed E-state index contributed by atoms with van der Waals surface area (Å²) in [4.78, 5) is 50.2. The van der Waals surface area contributed by atoms with Crippen LogP contribution >= 0.6 is 11.6 Å². The van der Waals surface area contributed by atoms with Crippen LogP contribution in [0.5, 0.6) is 5.75 Å². The minimum atomic E-state index is -1.58. The molecule has 1 fully saturated rings. The normalized spacial score (nSPS) is 22.0. The highest BCUT2D eigenvalue weighted by Gasteiger charge is 2.52. The first-order valence-corrected chi connectivity index (χ1v) is 11.1. The zero-order valence-electron chi connectivity index (χ0n) is 17.6. The number of rotatable bonds is 9.